The molecule has 1 saturated heterocycles. The van der Waals surface area contributed by atoms with E-state index in [4.69, 9.17) is 9.47 Å². The zero-order valence-electron chi connectivity index (χ0n) is 13.6. The maximum atomic E-state index is 13.2. The molecular formula is C17H27F2NO3. The van der Waals surface area contributed by atoms with Gasteiger partial charge in [-0.05, 0) is 43.9 Å². The van der Waals surface area contributed by atoms with Crippen molar-refractivity contribution >= 4 is 5.97 Å². The van der Waals surface area contributed by atoms with Gasteiger partial charge in [0.05, 0.1) is 31.8 Å². The molecule has 2 aliphatic carbocycles. The number of alkyl halides is 2. The van der Waals surface area contributed by atoms with E-state index in [2.05, 4.69) is 0 Å². The second-order valence-corrected chi connectivity index (χ2v) is 7.28. The van der Waals surface area contributed by atoms with Crippen molar-refractivity contribution in [1.29, 1.82) is 0 Å². The van der Waals surface area contributed by atoms with Gasteiger partial charge in [0.2, 0.25) is 0 Å². The molecule has 3 aliphatic rings. The summed E-state index contributed by atoms with van der Waals surface area (Å²) in [6.07, 6.45) is 4.45. The molecular weight excluding hydrogens is 304 g/mol. The minimum absolute atomic E-state index is 0.0189. The van der Waals surface area contributed by atoms with Crippen molar-refractivity contribution in [1.82, 2.24) is 4.90 Å². The summed E-state index contributed by atoms with van der Waals surface area (Å²) < 4.78 is 37.0. The second-order valence-electron chi connectivity index (χ2n) is 7.28. The van der Waals surface area contributed by atoms with Gasteiger partial charge in [-0.1, -0.05) is 0 Å². The van der Waals surface area contributed by atoms with Gasteiger partial charge in [-0.25, -0.2) is 8.78 Å². The Morgan fingerprint density at radius 2 is 1.83 bits per heavy atom. The van der Waals surface area contributed by atoms with Crippen molar-refractivity contribution in [2.75, 3.05) is 32.9 Å². The van der Waals surface area contributed by atoms with Crippen LogP contribution in [-0.4, -0.2) is 56.2 Å². The lowest BCUT2D eigenvalue weighted by molar-refractivity contribution is -0.151. The maximum Gasteiger partial charge on any atom is 0.308 e. The first-order chi connectivity index (χ1) is 11.1. The Morgan fingerprint density at radius 3 is 2.39 bits per heavy atom. The monoisotopic (exact) mass is 331 g/mol. The SMILES string of the molecule is O=C(OCCC(C(F)F)N1CCOCC1)C1CCC2(CC1)CC2. The van der Waals surface area contributed by atoms with E-state index in [0.717, 1.165) is 25.7 Å². The van der Waals surface area contributed by atoms with E-state index in [0.29, 0.717) is 31.7 Å². The van der Waals surface area contributed by atoms with Gasteiger partial charge in [0, 0.05) is 19.5 Å². The van der Waals surface area contributed by atoms with Crippen LogP contribution in [0.3, 0.4) is 0 Å². The van der Waals surface area contributed by atoms with E-state index in [1.165, 1.54) is 12.8 Å². The molecule has 3 fully saturated rings. The summed E-state index contributed by atoms with van der Waals surface area (Å²) in [5.74, 6) is -0.204. The zero-order chi connectivity index (χ0) is 16.3. The van der Waals surface area contributed by atoms with Crippen molar-refractivity contribution in [3.8, 4) is 0 Å². The molecule has 1 aliphatic heterocycles. The third kappa shape index (κ3) is 4.41. The van der Waals surface area contributed by atoms with Gasteiger partial charge in [-0.2, -0.15) is 0 Å². The maximum absolute atomic E-state index is 13.2. The van der Waals surface area contributed by atoms with Gasteiger partial charge in [-0.15, -0.1) is 0 Å². The lowest BCUT2D eigenvalue weighted by Gasteiger charge is -2.34. The van der Waals surface area contributed by atoms with Crippen LogP contribution < -0.4 is 0 Å². The van der Waals surface area contributed by atoms with Gasteiger partial charge in [0.1, 0.15) is 0 Å². The zero-order valence-corrected chi connectivity index (χ0v) is 13.6. The van der Waals surface area contributed by atoms with Gasteiger partial charge in [-0.3, -0.25) is 9.69 Å². The van der Waals surface area contributed by atoms with Crippen molar-refractivity contribution < 1.29 is 23.0 Å². The first-order valence-electron chi connectivity index (χ1n) is 8.86. The normalized spacial score (nSPS) is 26.4. The highest BCUT2D eigenvalue weighted by molar-refractivity contribution is 5.72. The number of ether oxygens (including phenoxy) is 2. The highest BCUT2D eigenvalue weighted by Crippen LogP contribution is 2.57. The van der Waals surface area contributed by atoms with Crippen LogP contribution in [0.2, 0.25) is 0 Å². The van der Waals surface area contributed by atoms with Crippen LogP contribution >= 0.6 is 0 Å². The Morgan fingerprint density at radius 1 is 1.17 bits per heavy atom. The van der Waals surface area contributed by atoms with Gasteiger partial charge in [0.25, 0.3) is 6.43 Å². The average molecular weight is 331 g/mol. The Bertz CT molecular complexity index is 399. The molecule has 23 heavy (non-hydrogen) atoms. The third-order valence-corrected chi connectivity index (χ3v) is 5.80. The van der Waals surface area contributed by atoms with Crippen LogP contribution in [0.15, 0.2) is 0 Å². The topological polar surface area (TPSA) is 38.8 Å². The highest BCUT2D eigenvalue weighted by atomic mass is 19.3. The van der Waals surface area contributed by atoms with Crippen LogP contribution in [-0.2, 0) is 14.3 Å². The molecule has 1 unspecified atom stereocenters. The predicted octanol–water partition coefficient (Wildman–Crippen LogP) is 2.86. The molecule has 0 aromatic carbocycles. The van der Waals surface area contributed by atoms with E-state index in [9.17, 15) is 13.6 Å². The molecule has 4 nitrogen and oxygen atoms in total. The molecule has 1 spiro atoms. The van der Waals surface area contributed by atoms with Crippen LogP contribution in [0.25, 0.3) is 0 Å². The summed E-state index contributed by atoms with van der Waals surface area (Å²) in [6.45, 7) is 2.12. The number of rotatable bonds is 6. The fourth-order valence-electron chi connectivity index (χ4n) is 3.92. The molecule has 1 heterocycles. The fourth-order valence-corrected chi connectivity index (χ4v) is 3.92. The first-order valence-corrected chi connectivity index (χ1v) is 8.86. The highest BCUT2D eigenvalue weighted by Gasteiger charge is 2.46. The largest absolute Gasteiger partial charge is 0.465 e. The molecule has 0 radical (unpaired) electrons. The number of carbonyl (C=O) groups is 1. The second kappa shape index (κ2) is 7.43. The number of hydrogen-bond donors (Lipinski definition) is 0. The van der Waals surface area contributed by atoms with E-state index in [-0.39, 0.29) is 24.9 Å². The Hall–Kier alpha value is -0.750. The molecule has 0 bridgehead atoms. The van der Waals surface area contributed by atoms with Crippen molar-refractivity contribution in [2.45, 2.75) is 57.4 Å². The summed E-state index contributed by atoms with van der Waals surface area (Å²) in [6, 6.07) is -0.840. The van der Waals surface area contributed by atoms with E-state index >= 15 is 0 Å². The number of morpholine rings is 1. The van der Waals surface area contributed by atoms with Gasteiger partial charge < -0.3 is 9.47 Å². The fraction of sp³-hybridized carbons (Fsp3) is 0.941. The molecule has 132 valence electrons. The molecule has 6 heteroatoms. The minimum Gasteiger partial charge on any atom is -0.465 e. The van der Waals surface area contributed by atoms with Gasteiger partial charge in [0.15, 0.2) is 0 Å². The summed E-state index contributed by atoms with van der Waals surface area (Å²) in [5.41, 5.74) is 0.549. The number of carbonyl (C=O) groups excluding carboxylic acids is 1. The summed E-state index contributed by atoms with van der Waals surface area (Å²) in [4.78, 5) is 13.9. The van der Waals surface area contributed by atoms with Crippen molar-refractivity contribution in [3.63, 3.8) is 0 Å². The Kier molecular flexibility index (Phi) is 5.52. The Labute approximate surface area is 136 Å². The van der Waals surface area contributed by atoms with Crippen LogP contribution in [0.1, 0.15) is 44.9 Å². The number of hydrogen-bond acceptors (Lipinski definition) is 4. The first kappa shape index (κ1) is 17.1. The van der Waals surface area contributed by atoms with Gasteiger partial charge >= 0.3 is 5.97 Å². The molecule has 2 saturated carbocycles. The molecule has 0 aromatic rings. The lowest BCUT2D eigenvalue weighted by Crippen LogP contribution is -2.47. The summed E-state index contributed by atoms with van der Waals surface area (Å²) in [7, 11) is 0. The lowest BCUT2D eigenvalue weighted by atomic mass is 9.80. The smallest absolute Gasteiger partial charge is 0.308 e. The van der Waals surface area contributed by atoms with Crippen LogP contribution in [0.4, 0.5) is 8.78 Å². The Balaban J connectivity index is 1.39. The quantitative estimate of drug-likeness (QED) is 0.702. The van der Waals surface area contributed by atoms with E-state index < -0.39 is 12.5 Å². The minimum atomic E-state index is -2.42. The summed E-state index contributed by atoms with van der Waals surface area (Å²) in [5, 5.41) is 0. The molecule has 0 aromatic heterocycles. The molecule has 1 atom stereocenters. The number of halogens is 2. The van der Waals surface area contributed by atoms with E-state index in [1.54, 1.807) is 4.90 Å². The predicted molar refractivity (Wildman–Crippen MR) is 81.4 cm³/mol. The van der Waals surface area contributed by atoms with Crippen LogP contribution in [0.5, 0.6) is 0 Å². The standard InChI is InChI=1S/C17H27F2NO3/c18-15(19)14(20-8-11-22-12-9-20)3-10-23-16(21)13-1-4-17(5-2-13)6-7-17/h13-15H,1-12H2. The summed E-state index contributed by atoms with van der Waals surface area (Å²) >= 11 is 0. The van der Waals surface area contributed by atoms with Crippen molar-refractivity contribution in [3.05, 3.63) is 0 Å². The molecule has 3 rings (SSSR count). The average Bonchev–Trinajstić information content (AvgIpc) is 3.31. The number of nitrogens with zero attached hydrogens (tertiary/aromatic N) is 1. The molecule has 0 N–H and O–H groups in total. The third-order valence-electron chi connectivity index (χ3n) is 5.80. The number of esters is 1. The van der Waals surface area contributed by atoms with E-state index in [1.807, 2.05) is 0 Å². The van der Waals surface area contributed by atoms with Crippen LogP contribution in [0, 0.1) is 11.3 Å². The van der Waals surface area contributed by atoms with Crippen molar-refractivity contribution in [2.24, 2.45) is 11.3 Å². The molecule has 0 amide bonds.